The van der Waals surface area contributed by atoms with Gasteiger partial charge in [-0.05, 0) is 23.9 Å². The van der Waals surface area contributed by atoms with E-state index in [1.54, 1.807) is 26.6 Å². The van der Waals surface area contributed by atoms with Gasteiger partial charge in [0.15, 0.2) is 5.16 Å². The Hall–Kier alpha value is -1.95. The molecule has 1 aromatic carbocycles. The van der Waals surface area contributed by atoms with E-state index in [2.05, 4.69) is 9.97 Å². The number of nitrogens with zero attached hydrogens (tertiary/aromatic N) is 2. The molecule has 2 N–H and O–H groups in total. The van der Waals surface area contributed by atoms with Gasteiger partial charge in [-0.25, -0.2) is 9.97 Å². The van der Waals surface area contributed by atoms with Gasteiger partial charge >= 0.3 is 0 Å². The molecule has 0 aliphatic carbocycles. The van der Waals surface area contributed by atoms with E-state index in [0.29, 0.717) is 10.8 Å². The van der Waals surface area contributed by atoms with Gasteiger partial charge in [0.05, 0.1) is 37.2 Å². The average molecular weight is 263 g/mol. The van der Waals surface area contributed by atoms with Crippen LogP contribution in [0, 0.1) is 0 Å². The molecule has 0 saturated carbocycles. The molecular weight excluding hydrogens is 250 g/mol. The third-order valence-electron chi connectivity index (χ3n) is 2.22. The molecule has 0 radical (unpaired) electrons. The van der Waals surface area contributed by atoms with Crippen LogP contribution in [0.15, 0.2) is 40.6 Å². The van der Waals surface area contributed by atoms with Crippen LogP contribution in [0.3, 0.4) is 0 Å². The van der Waals surface area contributed by atoms with Gasteiger partial charge in [-0.3, -0.25) is 0 Å². The lowest BCUT2D eigenvalue weighted by molar-refractivity contribution is 0.387. The highest BCUT2D eigenvalue weighted by molar-refractivity contribution is 7.99. The summed E-state index contributed by atoms with van der Waals surface area (Å²) >= 11 is 1.41. The number of rotatable bonds is 4. The molecule has 1 aromatic heterocycles. The summed E-state index contributed by atoms with van der Waals surface area (Å²) in [6.45, 7) is 0. The molecule has 94 valence electrons. The monoisotopic (exact) mass is 263 g/mol. The number of hydrogen-bond donors (Lipinski definition) is 1. The molecule has 0 bridgehead atoms. The molecule has 0 aliphatic heterocycles. The second kappa shape index (κ2) is 5.59. The summed E-state index contributed by atoms with van der Waals surface area (Å²) in [5.41, 5.74) is 6.08. The quantitative estimate of drug-likeness (QED) is 0.853. The number of anilines is 1. The molecule has 2 rings (SSSR count). The highest BCUT2D eigenvalue weighted by atomic mass is 32.2. The molecule has 1 heterocycles. The van der Waals surface area contributed by atoms with Gasteiger partial charge in [0.1, 0.15) is 11.5 Å². The van der Waals surface area contributed by atoms with Gasteiger partial charge in [-0.1, -0.05) is 0 Å². The first-order chi connectivity index (χ1) is 8.72. The van der Waals surface area contributed by atoms with Crippen molar-refractivity contribution in [3.8, 4) is 11.5 Å². The van der Waals surface area contributed by atoms with Crippen molar-refractivity contribution < 1.29 is 9.47 Å². The molecule has 2 aromatic rings. The fourth-order valence-corrected chi connectivity index (χ4v) is 2.12. The van der Waals surface area contributed by atoms with Crippen LogP contribution < -0.4 is 15.2 Å². The smallest absolute Gasteiger partial charge is 0.192 e. The summed E-state index contributed by atoms with van der Waals surface area (Å²) in [7, 11) is 3.23. The lowest BCUT2D eigenvalue weighted by Crippen LogP contribution is -1.92. The number of hydrogen-bond acceptors (Lipinski definition) is 6. The second-order valence-corrected chi connectivity index (χ2v) is 4.43. The SMILES string of the molecule is COc1ccc(Sc2ncc(N)cn2)c(OC)c1. The Morgan fingerprint density at radius 1 is 1.11 bits per heavy atom. The lowest BCUT2D eigenvalue weighted by atomic mass is 10.3. The van der Waals surface area contributed by atoms with Gasteiger partial charge in [0.25, 0.3) is 0 Å². The molecule has 0 spiro atoms. The largest absolute Gasteiger partial charge is 0.497 e. The van der Waals surface area contributed by atoms with Crippen molar-refractivity contribution in [2.45, 2.75) is 10.1 Å². The lowest BCUT2D eigenvalue weighted by Gasteiger charge is -2.09. The number of nitrogen functional groups attached to an aromatic ring is 1. The number of ether oxygens (including phenoxy) is 2. The highest BCUT2D eigenvalue weighted by Gasteiger charge is 2.08. The number of aromatic nitrogens is 2. The molecule has 0 atom stereocenters. The van der Waals surface area contributed by atoms with Gasteiger partial charge in [-0.15, -0.1) is 0 Å². The summed E-state index contributed by atoms with van der Waals surface area (Å²) in [5.74, 6) is 1.47. The third kappa shape index (κ3) is 2.84. The molecule has 0 saturated heterocycles. The summed E-state index contributed by atoms with van der Waals surface area (Å²) in [6, 6.07) is 5.59. The maximum atomic E-state index is 5.54. The van der Waals surface area contributed by atoms with Gasteiger partial charge < -0.3 is 15.2 Å². The normalized spacial score (nSPS) is 10.1. The van der Waals surface area contributed by atoms with Crippen molar-refractivity contribution in [1.29, 1.82) is 0 Å². The summed E-state index contributed by atoms with van der Waals surface area (Å²) in [4.78, 5) is 9.18. The van der Waals surface area contributed by atoms with E-state index in [-0.39, 0.29) is 0 Å². The molecule has 18 heavy (non-hydrogen) atoms. The first-order valence-electron chi connectivity index (χ1n) is 5.20. The van der Waals surface area contributed by atoms with E-state index < -0.39 is 0 Å². The Morgan fingerprint density at radius 2 is 1.83 bits per heavy atom. The Morgan fingerprint density at radius 3 is 2.44 bits per heavy atom. The second-order valence-electron chi connectivity index (χ2n) is 3.42. The van der Waals surface area contributed by atoms with E-state index in [1.165, 1.54) is 11.8 Å². The van der Waals surface area contributed by atoms with Crippen molar-refractivity contribution in [2.24, 2.45) is 0 Å². The Labute approximate surface area is 109 Å². The zero-order chi connectivity index (χ0) is 13.0. The van der Waals surface area contributed by atoms with E-state index in [9.17, 15) is 0 Å². The molecular formula is C12H13N3O2S. The minimum Gasteiger partial charge on any atom is -0.497 e. The molecule has 0 amide bonds. The van der Waals surface area contributed by atoms with Crippen LogP contribution in [0.5, 0.6) is 11.5 Å². The molecule has 0 aliphatic rings. The molecule has 0 unspecified atom stereocenters. The van der Waals surface area contributed by atoms with Crippen LogP contribution in [-0.4, -0.2) is 24.2 Å². The Bertz CT molecular complexity index is 531. The van der Waals surface area contributed by atoms with Crippen LogP contribution in [0.1, 0.15) is 0 Å². The van der Waals surface area contributed by atoms with Crippen LogP contribution in [0.2, 0.25) is 0 Å². The average Bonchev–Trinajstić information content (AvgIpc) is 2.41. The Balaban J connectivity index is 2.25. The van der Waals surface area contributed by atoms with Crippen molar-refractivity contribution in [3.63, 3.8) is 0 Å². The van der Waals surface area contributed by atoms with Crippen molar-refractivity contribution in [2.75, 3.05) is 20.0 Å². The number of methoxy groups -OCH3 is 2. The number of benzene rings is 1. The van der Waals surface area contributed by atoms with Gasteiger partial charge in [0.2, 0.25) is 0 Å². The first kappa shape index (κ1) is 12.5. The third-order valence-corrected chi connectivity index (χ3v) is 3.17. The van der Waals surface area contributed by atoms with Crippen LogP contribution >= 0.6 is 11.8 Å². The zero-order valence-corrected chi connectivity index (χ0v) is 10.9. The first-order valence-corrected chi connectivity index (χ1v) is 6.02. The fourth-order valence-electron chi connectivity index (χ4n) is 1.34. The number of nitrogens with two attached hydrogens (primary N) is 1. The molecule has 5 nitrogen and oxygen atoms in total. The van der Waals surface area contributed by atoms with Crippen molar-refractivity contribution in [1.82, 2.24) is 9.97 Å². The van der Waals surface area contributed by atoms with Crippen molar-refractivity contribution >= 4 is 17.4 Å². The van der Waals surface area contributed by atoms with Gasteiger partial charge in [-0.2, -0.15) is 0 Å². The van der Waals surface area contributed by atoms with E-state index in [0.717, 1.165) is 16.4 Å². The van der Waals surface area contributed by atoms with Crippen LogP contribution in [-0.2, 0) is 0 Å². The summed E-state index contributed by atoms with van der Waals surface area (Å²) < 4.78 is 10.4. The minimum atomic E-state index is 0.543. The Kier molecular flexibility index (Phi) is 3.88. The maximum Gasteiger partial charge on any atom is 0.192 e. The standard InChI is InChI=1S/C12H13N3O2S/c1-16-9-3-4-11(10(5-9)17-2)18-12-14-6-8(13)7-15-12/h3-7H,13H2,1-2H3. The molecule has 0 fully saturated rings. The predicted molar refractivity (Wildman–Crippen MR) is 70.1 cm³/mol. The maximum absolute atomic E-state index is 5.54. The van der Waals surface area contributed by atoms with Crippen molar-refractivity contribution in [3.05, 3.63) is 30.6 Å². The van der Waals surface area contributed by atoms with E-state index >= 15 is 0 Å². The minimum absolute atomic E-state index is 0.543. The summed E-state index contributed by atoms with van der Waals surface area (Å²) in [5, 5.41) is 0.618. The van der Waals surface area contributed by atoms with Crippen LogP contribution in [0.25, 0.3) is 0 Å². The zero-order valence-electron chi connectivity index (χ0n) is 10.1. The highest BCUT2D eigenvalue weighted by Crippen LogP contribution is 2.35. The topological polar surface area (TPSA) is 70.3 Å². The fraction of sp³-hybridized carbons (Fsp3) is 0.167. The van der Waals surface area contributed by atoms with E-state index in [1.807, 2.05) is 18.2 Å². The molecule has 6 heteroatoms. The van der Waals surface area contributed by atoms with Gasteiger partial charge in [0, 0.05) is 6.07 Å². The van der Waals surface area contributed by atoms with Crippen LogP contribution in [0.4, 0.5) is 5.69 Å². The predicted octanol–water partition coefficient (Wildman–Crippen LogP) is 2.23. The summed E-state index contributed by atoms with van der Waals surface area (Å²) in [6.07, 6.45) is 3.15. The van der Waals surface area contributed by atoms with E-state index in [4.69, 9.17) is 15.2 Å².